The third-order valence-electron chi connectivity index (χ3n) is 12.0. The van der Waals surface area contributed by atoms with Gasteiger partial charge in [0.1, 0.15) is 29.7 Å². The highest BCUT2D eigenvalue weighted by molar-refractivity contribution is 5.73. The molecular weight excluding hydrogens is 630 g/mol. The molecule has 11 heteroatoms. The zero-order valence-corrected chi connectivity index (χ0v) is 32.4. The average Bonchev–Trinajstić information content (AvgIpc) is 3.37. The summed E-state index contributed by atoms with van der Waals surface area (Å²) in [5.41, 5.74) is -0.370. The maximum absolute atomic E-state index is 14.1. The molecule has 0 aromatic carbocycles. The van der Waals surface area contributed by atoms with Gasteiger partial charge in [0.25, 0.3) is 0 Å². The molecule has 2 N–H and O–H groups in total. The monoisotopic (exact) mass is 697 g/mol. The summed E-state index contributed by atoms with van der Waals surface area (Å²) >= 11 is 0. The molecule has 4 aliphatic heterocycles. The molecule has 3 fully saturated rings. The van der Waals surface area contributed by atoms with Gasteiger partial charge in [-0.05, 0) is 73.5 Å². The number of aliphatic hydroxyl groups is 2. The van der Waals surface area contributed by atoms with Crippen molar-refractivity contribution in [2.24, 2.45) is 23.7 Å². The summed E-state index contributed by atoms with van der Waals surface area (Å²) in [5, 5.41) is 23.3. The fourth-order valence-electron chi connectivity index (χ4n) is 8.88. The SMILES string of the molecule is CC[C@@H]1OC(=O)[C@H](C)[C@@H](OC2CC(C)(OC)CC(C)O2)[C@H](C)[C@@H](OC2OC(C)CC(N(C)CC)C2O)C2(C)CC(C)=C(O2)[C@H](C)[C@@H](O)[C@H]1C. The maximum Gasteiger partial charge on any atom is 0.311 e. The van der Waals surface area contributed by atoms with Gasteiger partial charge < -0.3 is 48.3 Å². The number of esters is 1. The number of methoxy groups -OCH3 is 1. The fraction of sp³-hybridized carbons (Fsp3) is 0.921. The largest absolute Gasteiger partial charge is 0.489 e. The van der Waals surface area contributed by atoms with Gasteiger partial charge in [0.05, 0.1) is 35.9 Å². The molecule has 0 saturated carbocycles. The highest BCUT2D eigenvalue weighted by atomic mass is 16.7. The van der Waals surface area contributed by atoms with Crippen molar-refractivity contribution in [3.8, 4) is 0 Å². The van der Waals surface area contributed by atoms with Gasteiger partial charge in [0, 0.05) is 50.2 Å². The van der Waals surface area contributed by atoms with Crippen LogP contribution in [-0.2, 0) is 38.0 Å². The molecule has 2 bridgehead atoms. The van der Waals surface area contributed by atoms with Crippen molar-refractivity contribution in [2.45, 2.75) is 181 Å². The van der Waals surface area contributed by atoms with Crippen molar-refractivity contribution >= 4 is 5.97 Å². The zero-order chi connectivity index (χ0) is 36.6. The number of hydrogen-bond acceptors (Lipinski definition) is 11. The van der Waals surface area contributed by atoms with Gasteiger partial charge in [-0.15, -0.1) is 0 Å². The molecule has 4 heterocycles. The van der Waals surface area contributed by atoms with Gasteiger partial charge >= 0.3 is 5.97 Å². The van der Waals surface area contributed by atoms with Gasteiger partial charge in [0.2, 0.25) is 0 Å². The number of cyclic esters (lactones) is 1. The van der Waals surface area contributed by atoms with Crippen LogP contribution in [0, 0.1) is 23.7 Å². The Balaban J connectivity index is 1.81. The minimum atomic E-state index is -0.950. The molecule has 3 saturated heterocycles. The predicted molar refractivity (Wildman–Crippen MR) is 185 cm³/mol. The van der Waals surface area contributed by atoms with E-state index in [1.807, 2.05) is 69.4 Å². The van der Waals surface area contributed by atoms with Crippen LogP contribution in [0.25, 0.3) is 0 Å². The summed E-state index contributed by atoms with van der Waals surface area (Å²) < 4.78 is 45.6. The number of carbonyl (C=O) groups excluding carboxylic acids is 1. The minimum absolute atomic E-state index is 0.124. The number of fused-ring (bicyclic) bond motifs is 2. The van der Waals surface area contributed by atoms with Crippen LogP contribution in [0.4, 0.5) is 0 Å². The zero-order valence-electron chi connectivity index (χ0n) is 32.4. The van der Waals surface area contributed by atoms with E-state index < -0.39 is 72.1 Å². The van der Waals surface area contributed by atoms with E-state index in [1.54, 1.807) is 7.11 Å². The molecule has 11 nitrogen and oxygen atoms in total. The Labute approximate surface area is 295 Å². The highest BCUT2D eigenvalue weighted by Gasteiger charge is 2.54. The van der Waals surface area contributed by atoms with E-state index in [9.17, 15) is 15.0 Å². The summed E-state index contributed by atoms with van der Waals surface area (Å²) in [5.74, 6) is -1.60. The van der Waals surface area contributed by atoms with Crippen LogP contribution in [0.2, 0.25) is 0 Å². The normalized spacial score (nSPS) is 47.2. The van der Waals surface area contributed by atoms with Crippen molar-refractivity contribution < 1.29 is 48.2 Å². The topological polar surface area (TPSA) is 125 Å². The predicted octanol–water partition coefficient (Wildman–Crippen LogP) is 5.20. The van der Waals surface area contributed by atoms with E-state index in [-0.39, 0.29) is 30.1 Å². The number of hydrogen-bond donors (Lipinski definition) is 2. The summed E-state index contributed by atoms with van der Waals surface area (Å²) in [6.45, 7) is 22.6. The van der Waals surface area contributed by atoms with E-state index in [0.717, 1.165) is 17.9 Å². The Bertz CT molecular complexity index is 1150. The van der Waals surface area contributed by atoms with Crippen LogP contribution in [0.3, 0.4) is 0 Å². The Morgan fingerprint density at radius 2 is 1.59 bits per heavy atom. The van der Waals surface area contributed by atoms with Crippen molar-refractivity contribution in [1.82, 2.24) is 4.90 Å². The van der Waals surface area contributed by atoms with Crippen molar-refractivity contribution in [3.05, 3.63) is 11.3 Å². The van der Waals surface area contributed by atoms with E-state index in [0.29, 0.717) is 32.1 Å². The fourth-order valence-corrected chi connectivity index (χ4v) is 8.88. The molecule has 0 radical (unpaired) electrons. The first-order valence-corrected chi connectivity index (χ1v) is 18.7. The van der Waals surface area contributed by atoms with E-state index >= 15 is 0 Å². The quantitative estimate of drug-likeness (QED) is 0.326. The number of rotatable bonds is 8. The van der Waals surface area contributed by atoms with Gasteiger partial charge in [-0.1, -0.05) is 34.6 Å². The Morgan fingerprint density at radius 1 is 0.918 bits per heavy atom. The molecule has 4 rings (SSSR count). The maximum atomic E-state index is 14.1. The van der Waals surface area contributed by atoms with Crippen LogP contribution < -0.4 is 0 Å². The third kappa shape index (κ3) is 8.67. The molecule has 0 spiro atoms. The smallest absolute Gasteiger partial charge is 0.311 e. The lowest BCUT2D eigenvalue weighted by molar-refractivity contribution is -0.309. The summed E-state index contributed by atoms with van der Waals surface area (Å²) in [7, 11) is 3.70. The Morgan fingerprint density at radius 3 is 2.20 bits per heavy atom. The number of likely N-dealkylation sites (N-methyl/N-ethyl adjacent to an activating group) is 1. The first kappa shape index (κ1) is 40.5. The van der Waals surface area contributed by atoms with Crippen molar-refractivity contribution in [2.75, 3.05) is 20.7 Å². The van der Waals surface area contributed by atoms with Crippen LogP contribution in [0.1, 0.15) is 108 Å². The van der Waals surface area contributed by atoms with Crippen LogP contribution in [-0.4, -0.2) is 114 Å². The van der Waals surface area contributed by atoms with E-state index in [4.69, 9.17) is 33.2 Å². The Kier molecular flexibility index (Phi) is 13.3. The van der Waals surface area contributed by atoms with Gasteiger partial charge in [-0.3, -0.25) is 4.79 Å². The molecular formula is C38H67NO10. The summed E-state index contributed by atoms with van der Waals surface area (Å²) in [6.07, 6.45) is -2.63. The molecule has 16 atom stereocenters. The molecule has 0 amide bonds. The highest BCUT2D eigenvalue weighted by Crippen LogP contribution is 2.47. The Hall–Kier alpha value is -1.31. The van der Waals surface area contributed by atoms with Crippen LogP contribution in [0.15, 0.2) is 11.3 Å². The number of carbonyl (C=O) groups is 1. The number of aliphatic hydroxyl groups excluding tert-OH is 2. The molecule has 0 aromatic rings. The molecule has 0 aromatic heterocycles. The van der Waals surface area contributed by atoms with Gasteiger partial charge in [-0.2, -0.15) is 0 Å². The average molecular weight is 698 g/mol. The second kappa shape index (κ2) is 16.1. The lowest BCUT2D eigenvalue weighted by atomic mass is 9.79. The number of ether oxygens (including phenoxy) is 7. The van der Waals surface area contributed by atoms with Crippen molar-refractivity contribution in [1.29, 1.82) is 0 Å². The molecule has 4 aliphatic rings. The first-order chi connectivity index (χ1) is 22.9. The molecule has 0 aliphatic carbocycles. The summed E-state index contributed by atoms with van der Waals surface area (Å²) in [6, 6.07) is -0.163. The lowest BCUT2D eigenvalue weighted by Crippen LogP contribution is -2.59. The first-order valence-electron chi connectivity index (χ1n) is 18.7. The third-order valence-corrected chi connectivity index (χ3v) is 12.0. The van der Waals surface area contributed by atoms with Gasteiger partial charge in [0.15, 0.2) is 12.6 Å². The van der Waals surface area contributed by atoms with Crippen molar-refractivity contribution in [3.63, 3.8) is 0 Å². The van der Waals surface area contributed by atoms with Crippen LogP contribution >= 0.6 is 0 Å². The van der Waals surface area contributed by atoms with E-state index in [1.165, 1.54) is 0 Å². The molecule has 49 heavy (non-hydrogen) atoms. The molecule has 284 valence electrons. The van der Waals surface area contributed by atoms with Gasteiger partial charge in [-0.25, -0.2) is 0 Å². The van der Waals surface area contributed by atoms with E-state index in [2.05, 4.69) is 18.7 Å². The number of nitrogens with zero attached hydrogens (tertiary/aromatic N) is 1. The second-order valence-electron chi connectivity index (χ2n) is 16.2. The molecule has 8 unspecified atom stereocenters. The lowest BCUT2D eigenvalue weighted by Gasteiger charge is -2.48. The van der Waals surface area contributed by atoms with Crippen LogP contribution in [0.5, 0.6) is 0 Å². The standard InChI is InChI=1S/C38H67NO10/c1-14-28-23(6)30(40)24(7)32-20(3)17-38(11,49-32)34(48-36-31(41)27(39(12)15-2)16-21(4)45-36)25(8)33(26(9)35(42)46-28)47-29-19-37(10,43-13)18-22(5)44-29/h21-31,33-34,36,40-41H,14-19H2,1-13H3/t21?,22?,23-,24+,25-,26+,27?,28-,29?,30-,31?,33-,34+,36?,37?,38?/m0/s1. The minimum Gasteiger partial charge on any atom is -0.489 e. The second-order valence-corrected chi connectivity index (χ2v) is 16.2. The summed E-state index contributed by atoms with van der Waals surface area (Å²) in [4.78, 5) is 16.2.